The fraction of sp³-hybridized carbons (Fsp3) is 0.462. The van der Waals surface area contributed by atoms with Crippen molar-refractivity contribution in [3.05, 3.63) is 23.3 Å². The Labute approximate surface area is 95.4 Å². The topological polar surface area (TPSA) is 35.5 Å². The summed E-state index contributed by atoms with van der Waals surface area (Å²) in [7, 11) is 0. The van der Waals surface area contributed by atoms with Crippen molar-refractivity contribution in [1.29, 1.82) is 0 Å². The average molecular weight is 220 g/mol. The highest BCUT2D eigenvalue weighted by Gasteiger charge is 2.25. The maximum atomic E-state index is 10.9. The Morgan fingerprint density at radius 3 is 2.50 bits per heavy atom. The number of aldehydes is 1. The number of carbonyl (C=O) groups is 1. The first-order valence-corrected chi connectivity index (χ1v) is 5.41. The molecule has 1 aliphatic heterocycles. The monoisotopic (exact) mass is 220 g/mol. The maximum absolute atomic E-state index is 10.9. The third-order valence-corrected chi connectivity index (χ3v) is 2.61. The molecule has 3 heteroatoms. The number of rotatable bonds is 1. The molecular weight excluding hydrogens is 204 g/mol. The van der Waals surface area contributed by atoms with Crippen LogP contribution in [0.3, 0.4) is 0 Å². The minimum atomic E-state index is -0.0657. The van der Waals surface area contributed by atoms with E-state index in [2.05, 4.69) is 20.8 Å². The summed E-state index contributed by atoms with van der Waals surface area (Å²) in [5.74, 6) is 1.46. The van der Waals surface area contributed by atoms with Crippen LogP contribution in [0.4, 0.5) is 0 Å². The van der Waals surface area contributed by atoms with Crippen LogP contribution >= 0.6 is 0 Å². The van der Waals surface area contributed by atoms with Crippen molar-refractivity contribution in [3.8, 4) is 11.5 Å². The van der Waals surface area contributed by atoms with Gasteiger partial charge in [0.05, 0.1) is 0 Å². The van der Waals surface area contributed by atoms with Crippen LogP contribution in [0.1, 0.15) is 36.7 Å². The van der Waals surface area contributed by atoms with Gasteiger partial charge in [0.25, 0.3) is 0 Å². The zero-order valence-corrected chi connectivity index (χ0v) is 9.87. The zero-order chi connectivity index (χ0) is 11.8. The van der Waals surface area contributed by atoms with Gasteiger partial charge in [-0.1, -0.05) is 20.8 Å². The van der Waals surface area contributed by atoms with Crippen LogP contribution in [0.2, 0.25) is 0 Å². The van der Waals surface area contributed by atoms with E-state index in [1.807, 2.05) is 6.07 Å². The lowest BCUT2D eigenvalue weighted by Crippen LogP contribution is -2.21. The highest BCUT2D eigenvalue weighted by atomic mass is 16.6. The Bertz CT molecular complexity index is 416. The van der Waals surface area contributed by atoms with Gasteiger partial charge in [0, 0.05) is 11.1 Å². The Morgan fingerprint density at radius 1 is 1.19 bits per heavy atom. The third-order valence-electron chi connectivity index (χ3n) is 2.61. The molecule has 86 valence electrons. The minimum absolute atomic E-state index is 0.0657. The van der Waals surface area contributed by atoms with Crippen LogP contribution < -0.4 is 9.47 Å². The molecule has 0 fully saturated rings. The van der Waals surface area contributed by atoms with E-state index >= 15 is 0 Å². The first kappa shape index (κ1) is 11.0. The van der Waals surface area contributed by atoms with E-state index in [4.69, 9.17) is 9.47 Å². The summed E-state index contributed by atoms with van der Waals surface area (Å²) in [6.07, 6.45) is 0.841. The van der Waals surface area contributed by atoms with Crippen LogP contribution in [0, 0.1) is 0 Å². The van der Waals surface area contributed by atoms with Crippen molar-refractivity contribution in [1.82, 2.24) is 0 Å². The summed E-state index contributed by atoms with van der Waals surface area (Å²) in [4.78, 5) is 10.9. The number of ether oxygens (including phenoxy) is 2. The first-order valence-electron chi connectivity index (χ1n) is 5.41. The Morgan fingerprint density at radius 2 is 1.88 bits per heavy atom. The summed E-state index contributed by atoms with van der Waals surface area (Å²) in [6, 6.07) is 3.61. The Balaban J connectivity index is 2.61. The molecule has 0 N–H and O–H groups in total. The van der Waals surface area contributed by atoms with Gasteiger partial charge in [0.2, 0.25) is 0 Å². The average Bonchev–Trinajstić information content (AvgIpc) is 2.26. The highest BCUT2D eigenvalue weighted by Crippen LogP contribution is 2.40. The lowest BCUT2D eigenvalue weighted by atomic mass is 9.85. The van der Waals surface area contributed by atoms with Gasteiger partial charge in [-0.3, -0.25) is 4.79 Å². The van der Waals surface area contributed by atoms with Crippen LogP contribution in [-0.4, -0.2) is 19.5 Å². The third kappa shape index (κ3) is 1.90. The molecule has 1 aromatic carbocycles. The number of hydrogen-bond donors (Lipinski definition) is 0. The summed E-state index contributed by atoms with van der Waals surface area (Å²) >= 11 is 0. The summed E-state index contributed by atoms with van der Waals surface area (Å²) in [5.41, 5.74) is 1.59. The molecule has 0 saturated heterocycles. The number of hydrogen-bond acceptors (Lipinski definition) is 3. The lowest BCUT2D eigenvalue weighted by Gasteiger charge is -2.27. The van der Waals surface area contributed by atoms with E-state index < -0.39 is 0 Å². The van der Waals surface area contributed by atoms with Crippen molar-refractivity contribution in [3.63, 3.8) is 0 Å². The molecule has 0 bridgehead atoms. The smallest absolute Gasteiger partial charge is 0.165 e. The number of fused-ring (bicyclic) bond motifs is 1. The molecule has 0 atom stereocenters. The summed E-state index contributed by atoms with van der Waals surface area (Å²) in [6.45, 7) is 7.38. The van der Waals surface area contributed by atoms with E-state index in [1.54, 1.807) is 6.07 Å². The molecular formula is C13H16O3. The fourth-order valence-electron chi connectivity index (χ4n) is 1.80. The van der Waals surface area contributed by atoms with Crippen molar-refractivity contribution in [2.45, 2.75) is 26.2 Å². The Kier molecular flexibility index (Phi) is 2.62. The van der Waals surface area contributed by atoms with E-state index in [-0.39, 0.29) is 5.41 Å². The van der Waals surface area contributed by atoms with Crippen LogP contribution in [0.25, 0.3) is 0 Å². The second kappa shape index (κ2) is 3.81. The van der Waals surface area contributed by atoms with Gasteiger partial charge < -0.3 is 9.47 Å². The molecule has 1 aliphatic rings. The SMILES string of the molecule is CC(C)(C)c1cc(C=O)cc2c1OCCO2. The minimum Gasteiger partial charge on any atom is -0.486 e. The van der Waals surface area contributed by atoms with Crippen molar-refractivity contribution < 1.29 is 14.3 Å². The van der Waals surface area contributed by atoms with Crippen LogP contribution in [0.5, 0.6) is 11.5 Å². The van der Waals surface area contributed by atoms with E-state index in [0.717, 1.165) is 17.6 Å². The summed E-state index contributed by atoms with van der Waals surface area (Å²) in [5, 5.41) is 0. The molecule has 0 amide bonds. The quantitative estimate of drug-likeness (QED) is 0.682. The summed E-state index contributed by atoms with van der Waals surface area (Å²) < 4.78 is 11.2. The zero-order valence-electron chi connectivity index (χ0n) is 9.87. The molecule has 3 nitrogen and oxygen atoms in total. The van der Waals surface area contributed by atoms with Crippen molar-refractivity contribution in [2.75, 3.05) is 13.2 Å². The van der Waals surface area contributed by atoms with Gasteiger partial charge >= 0.3 is 0 Å². The predicted octanol–water partition coefficient (Wildman–Crippen LogP) is 2.57. The van der Waals surface area contributed by atoms with Gasteiger partial charge in [0.15, 0.2) is 11.5 Å². The molecule has 0 aromatic heterocycles. The first-order chi connectivity index (χ1) is 7.52. The molecule has 16 heavy (non-hydrogen) atoms. The molecule has 0 spiro atoms. The van der Waals surface area contributed by atoms with E-state index in [0.29, 0.717) is 24.5 Å². The molecule has 0 radical (unpaired) electrons. The van der Waals surface area contributed by atoms with Crippen LogP contribution in [0.15, 0.2) is 12.1 Å². The predicted molar refractivity (Wildman–Crippen MR) is 61.5 cm³/mol. The van der Waals surface area contributed by atoms with E-state index in [9.17, 15) is 4.79 Å². The Hall–Kier alpha value is -1.51. The van der Waals surface area contributed by atoms with Crippen molar-refractivity contribution >= 4 is 6.29 Å². The second-order valence-corrected chi connectivity index (χ2v) is 4.96. The van der Waals surface area contributed by atoms with Crippen LogP contribution in [-0.2, 0) is 5.41 Å². The molecule has 0 saturated carbocycles. The van der Waals surface area contributed by atoms with Gasteiger partial charge in [-0.25, -0.2) is 0 Å². The second-order valence-electron chi connectivity index (χ2n) is 4.96. The standard InChI is InChI=1S/C13H16O3/c1-13(2,3)10-6-9(8-14)7-11-12(10)16-5-4-15-11/h6-8H,4-5H2,1-3H3. The fourth-order valence-corrected chi connectivity index (χ4v) is 1.80. The normalized spacial score (nSPS) is 14.7. The molecule has 2 rings (SSSR count). The number of benzene rings is 1. The van der Waals surface area contributed by atoms with Crippen molar-refractivity contribution in [2.24, 2.45) is 0 Å². The van der Waals surface area contributed by atoms with Gasteiger partial charge in [0.1, 0.15) is 19.5 Å². The van der Waals surface area contributed by atoms with Gasteiger partial charge in [-0.2, -0.15) is 0 Å². The van der Waals surface area contributed by atoms with Gasteiger partial charge in [-0.15, -0.1) is 0 Å². The number of carbonyl (C=O) groups excluding carboxylic acids is 1. The maximum Gasteiger partial charge on any atom is 0.165 e. The molecule has 0 aliphatic carbocycles. The molecule has 1 aromatic rings. The lowest BCUT2D eigenvalue weighted by molar-refractivity contribution is 0.112. The highest BCUT2D eigenvalue weighted by molar-refractivity contribution is 5.77. The van der Waals surface area contributed by atoms with E-state index in [1.165, 1.54) is 0 Å². The molecule has 0 unspecified atom stereocenters. The van der Waals surface area contributed by atoms with Gasteiger partial charge in [-0.05, 0) is 17.5 Å². The largest absolute Gasteiger partial charge is 0.486 e. The molecule has 1 heterocycles.